The van der Waals surface area contributed by atoms with Crippen LogP contribution in [0.1, 0.15) is 31.2 Å². The minimum absolute atomic E-state index is 0.105. The van der Waals surface area contributed by atoms with Crippen LogP contribution in [0.3, 0.4) is 0 Å². The molecule has 0 saturated carbocycles. The Morgan fingerprint density at radius 1 is 1.42 bits per heavy atom. The zero-order valence-corrected chi connectivity index (χ0v) is 15.0. The molecular weight excluding hydrogens is 335 g/mol. The maximum absolute atomic E-state index is 13.0. The topological polar surface area (TPSA) is 59.4 Å². The second-order valence-corrected chi connectivity index (χ2v) is 6.63. The fraction of sp³-hybridized carbons (Fsp3) is 0.474. The first kappa shape index (κ1) is 18.4. The number of benzene rings is 1. The van der Waals surface area contributed by atoms with Crippen LogP contribution in [0.2, 0.25) is 0 Å². The molecule has 7 heteroatoms. The van der Waals surface area contributed by atoms with Gasteiger partial charge in [-0.3, -0.25) is 0 Å². The van der Waals surface area contributed by atoms with Crippen molar-refractivity contribution in [2.75, 3.05) is 20.2 Å². The molecule has 26 heavy (non-hydrogen) atoms. The number of urea groups is 1. The van der Waals surface area contributed by atoms with Crippen molar-refractivity contribution in [3.05, 3.63) is 48.0 Å². The highest BCUT2D eigenvalue weighted by Gasteiger charge is 2.16. The van der Waals surface area contributed by atoms with Crippen LogP contribution < -0.4 is 5.32 Å². The summed E-state index contributed by atoms with van der Waals surface area (Å²) in [6.45, 7) is 1.98. The van der Waals surface area contributed by atoms with Gasteiger partial charge in [-0.15, -0.1) is 0 Å². The first-order chi connectivity index (χ1) is 12.6. The Morgan fingerprint density at radius 3 is 2.96 bits per heavy atom. The molecule has 1 aromatic heterocycles. The molecule has 1 saturated heterocycles. The lowest BCUT2D eigenvalue weighted by atomic mass is 10.1. The highest BCUT2D eigenvalue weighted by atomic mass is 19.1. The normalized spacial score (nSPS) is 16.6. The van der Waals surface area contributed by atoms with Crippen LogP contribution in [0.5, 0.6) is 0 Å². The number of nitrogens with zero attached hydrogens (tertiary/aromatic N) is 3. The molecule has 1 N–H and O–H groups in total. The molecule has 1 aliphatic rings. The predicted octanol–water partition coefficient (Wildman–Crippen LogP) is 3.11. The van der Waals surface area contributed by atoms with Crippen LogP contribution in [0, 0.1) is 5.82 Å². The summed E-state index contributed by atoms with van der Waals surface area (Å²) in [5.74, 6) is -0.282. The van der Waals surface area contributed by atoms with Gasteiger partial charge >= 0.3 is 6.03 Å². The second kappa shape index (κ2) is 8.80. The largest absolute Gasteiger partial charge is 0.378 e. The molecule has 2 amide bonds. The van der Waals surface area contributed by atoms with Gasteiger partial charge in [-0.2, -0.15) is 5.10 Å². The van der Waals surface area contributed by atoms with E-state index in [0.29, 0.717) is 19.2 Å². The van der Waals surface area contributed by atoms with E-state index in [9.17, 15) is 9.18 Å². The smallest absolute Gasteiger partial charge is 0.317 e. The third kappa shape index (κ3) is 5.05. The number of aromatic nitrogens is 2. The number of carbonyl (C=O) groups is 1. The Morgan fingerprint density at radius 2 is 2.23 bits per heavy atom. The van der Waals surface area contributed by atoms with E-state index >= 15 is 0 Å². The van der Waals surface area contributed by atoms with Crippen molar-refractivity contribution in [1.82, 2.24) is 20.0 Å². The Labute approximate surface area is 152 Å². The Bertz CT molecular complexity index is 711. The average molecular weight is 360 g/mol. The summed E-state index contributed by atoms with van der Waals surface area (Å²) in [4.78, 5) is 13.9. The van der Waals surface area contributed by atoms with Gasteiger partial charge in [-0.25, -0.2) is 13.9 Å². The van der Waals surface area contributed by atoms with Crippen molar-refractivity contribution in [2.45, 2.75) is 38.3 Å². The fourth-order valence-electron chi connectivity index (χ4n) is 3.03. The third-order valence-corrected chi connectivity index (χ3v) is 4.56. The molecule has 140 valence electrons. The van der Waals surface area contributed by atoms with Crippen molar-refractivity contribution in [3.63, 3.8) is 0 Å². The van der Waals surface area contributed by atoms with Gasteiger partial charge in [0.25, 0.3) is 0 Å². The van der Waals surface area contributed by atoms with Crippen molar-refractivity contribution >= 4 is 6.03 Å². The van der Waals surface area contributed by atoms with E-state index in [4.69, 9.17) is 4.74 Å². The summed E-state index contributed by atoms with van der Waals surface area (Å²) in [7, 11) is 1.80. The van der Waals surface area contributed by atoms with Crippen LogP contribution in [0.25, 0.3) is 5.69 Å². The standard InChI is InChI=1S/C19H25FN4O2/c1-23(10-2-4-18-5-3-11-26-18)19(25)21-12-15-13-22-24(14-15)17-8-6-16(20)7-9-17/h6-9,13-14,18H,2-5,10-12H2,1H3,(H,21,25)/t18-/m1/s1. The summed E-state index contributed by atoms with van der Waals surface area (Å²) in [6.07, 6.45) is 8.11. The molecule has 2 aromatic rings. The van der Waals surface area contributed by atoms with Crippen LogP contribution in [0.4, 0.5) is 9.18 Å². The van der Waals surface area contributed by atoms with Crippen LogP contribution in [-0.4, -0.2) is 47.0 Å². The van der Waals surface area contributed by atoms with Gasteiger partial charge in [0.1, 0.15) is 5.82 Å². The highest BCUT2D eigenvalue weighted by Crippen LogP contribution is 2.16. The lowest BCUT2D eigenvalue weighted by Crippen LogP contribution is -2.37. The van der Waals surface area contributed by atoms with E-state index < -0.39 is 0 Å². The fourth-order valence-corrected chi connectivity index (χ4v) is 3.03. The second-order valence-electron chi connectivity index (χ2n) is 6.63. The lowest BCUT2D eigenvalue weighted by molar-refractivity contribution is 0.100. The number of hydrogen-bond donors (Lipinski definition) is 1. The van der Waals surface area contributed by atoms with Gasteiger partial charge in [0.2, 0.25) is 0 Å². The molecular formula is C19H25FN4O2. The summed E-state index contributed by atoms with van der Waals surface area (Å²) >= 11 is 0. The molecule has 0 bridgehead atoms. The number of rotatable bonds is 7. The van der Waals surface area contributed by atoms with E-state index in [-0.39, 0.29) is 11.8 Å². The van der Waals surface area contributed by atoms with E-state index in [0.717, 1.165) is 43.5 Å². The van der Waals surface area contributed by atoms with Crippen molar-refractivity contribution in [1.29, 1.82) is 0 Å². The number of halogens is 1. The van der Waals surface area contributed by atoms with E-state index in [1.54, 1.807) is 35.0 Å². The first-order valence-corrected chi connectivity index (χ1v) is 9.02. The molecule has 2 heterocycles. The van der Waals surface area contributed by atoms with Crippen LogP contribution in [-0.2, 0) is 11.3 Å². The minimum atomic E-state index is -0.282. The van der Waals surface area contributed by atoms with Crippen LogP contribution >= 0.6 is 0 Å². The maximum Gasteiger partial charge on any atom is 0.317 e. The molecule has 0 unspecified atom stereocenters. The molecule has 1 aromatic carbocycles. The number of nitrogens with one attached hydrogen (secondary N) is 1. The van der Waals surface area contributed by atoms with Crippen molar-refractivity contribution < 1.29 is 13.9 Å². The average Bonchev–Trinajstić information content (AvgIpc) is 3.32. The summed E-state index contributed by atoms with van der Waals surface area (Å²) in [6, 6.07) is 6.00. The zero-order chi connectivity index (χ0) is 18.4. The molecule has 3 rings (SSSR count). The van der Waals surface area contributed by atoms with E-state index in [2.05, 4.69) is 10.4 Å². The number of hydrogen-bond acceptors (Lipinski definition) is 3. The highest BCUT2D eigenvalue weighted by molar-refractivity contribution is 5.73. The van der Waals surface area contributed by atoms with Crippen LogP contribution in [0.15, 0.2) is 36.7 Å². The number of amides is 2. The Hall–Kier alpha value is -2.41. The van der Waals surface area contributed by atoms with Gasteiger partial charge in [0.05, 0.1) is 18.0 Å². The molecule has 1 aliphatic heterocycles. The van der Waals surface area contributed by atoms with Crippen molar-refractivity contribution in [3.8, 4) is 5.69 Å². The molecule has 0 radical (unpaired) electrons. The summed E-state index contributed by atoms with van der Waals surface area (Å²) < 4.78 is 20.2. The van der Waals surface area contributed by atoms with E-state index in [1.807, 2.05) is 6.20 Å². The summed E-state index contributed by atoms with van der Waals surface area (Å²) in [5.41, 5.74) is 1.66. The van der Waals surface area contributed by atoms with E-state index in [1.165, 1.54) is 12.1 Å². The minimum Gasteiger partial charge on any atom is -0.378 e. The predicted molar refractivity (Wildman–Crippen MR) is 96.6 cm³/mol. The molecule has 0 aliphatic carbocycles. The zero-order valence-electron chi connectivity index (χ0n) is 15.0. The third-order valence-electron chi connectivity index (χ3n) is 4.56. The molecule has 1 fully saturated rings. The maximum atomic E-state index is 13.0. The lowest BCUT2D eigenvalue weighted by Gasteiger charge is -2.18. The van der Waals surface area contributed by atoms with Crippen molar-refractivity contribution in [2.24, 2.45) is 0 Å². The van der Waals surface area contributed by atoms with Gasteiger partial charge < -0.3 is 15.0 Å². The van der Waals surface area contributed by atoms with Gasteiger partial charge in [-0.1, -0.05) is 0 Å². The van der Waals surface area contributed by atoms with Gasteiger partial charge in [0, 0.05) is 38.5 Å². The summed E-state index contributed by atoms with van der Waals surface area (Å²) in [5, 5.41) is 7.14. The monoisotopic (exact) mass is 360 g/mol. The molecule has 6 nitrogen and oxygen atoms in total. The van der Waals surface area contributed by atoms with Gasteiger partial charge in [-0.05, 0) is 49.9 Å². The molecule has 0 spiro atoms. The Balaban J connectivity index is 1.41. The first-order valence-electron chi connectivity index (χ1n) is 9.02. The van der Waals surface area contributed by atoms with Gasteiger partial charge in [0.15, 0.2) is 0 Å². The SMILES string of the molecule is CN(CCC[C@@H]1CCCO1)C(=O)NCc1cnn(-c2ccc(F)cc2)c1. The quantitative estimate of drug-likeness (QED) is 0.825. The number of carbonyl (C=O) groups excluding carboxylic acids is 1. The Kier molecular flexibility index (Phi) is 6.22. The number of ether oxygens (including phenoxy) is 1. The molecule has 1 atom stereocenters.